The van der Waals surface area contributed by atoms with Gasteiger partial charge in [-0.15, -0.1) is 11.8 Å². The summed E-state index contributed by atoms with van der Waals surface area (Å²) in [4.78, 5) is 6.72. The maximum Gasteiger partial charge on any atom is 0.178 e. The first-order valence-corrected chi connectivity index (χ1v) is 11.1. The number of nitrogens with zero attached hydrogens (tertiary/aromatic N) is 2. The second kappa shape index (κ2) is 8.57. The minimum atomic E-state index is -1.11. The van der Waals surface area contributed by atoms with Crippen LogP contribution in [0.1, 0.15) is 12.5 Å². The van der Waals surface area contributed by atoms with Gasteiger partial charge in [-0.25, -0.2) is 0 Å². The number of halogens is 1. The fraction of sp³-hybridized carbons (Fsp3) is 0.125. The van der Waals surface area contributed by atoms with Crippen LogP contribution in [0, 0.1) is 0 Å². The third-order valence-corrected chi connectivity index (χ3v) is 6.40. The lowest BCUT2D eigenvalue weighted by Crippen LogP contribution is -2.42. The summed E-state index contributed by atoms with van der Waals surface area (Å²) in [5.41, 5.74) is 2.49. The fourth-order valence-electron chi connectivity index (χ4n) is 3.36. The predicted molar refractivity (Wildman–Crippen MR) is 127 cm³/mol. The van der Waals surface area contributed by atoms with E-state index in [0.29, 0.717) is 5.75 Å². The normalized spacial score (nSPS) is 21.0. The molecule has 1 heterocycles. The number of para-hydroxylation sites is 1. The summed E-state index contributed by atoms with van der Waals surface area (Å²) >= 11 is 5.09. The molecule has 4 rings (SSSR count). The van der Waals surface area contributed by atoms with Gasteiger partial charge in [0.05, 0.1) is 16.5 Å². The van der Waals surface area contributed by atoms with Crippen LogP contribution in [-0.4, -0.2) is 16.6 Å². The summed E-state index contributed by atoms with van der Waals surface area (Å²) in [6, 6.07) is 27.8. The van der Waals surface area contributed by atoms with E-state index in [1.54, 1.807) is 11.8 Å². The second-order valence-electron chi connectivity index (χ2n) is 6.85. The summed E-state index contributed by atoms with van der Waals surface area (Å²) in [5.74, 6) is 0.545. The SMILES string of the molecule is CC(/C=C1\SC[C@@](O)(c2ccccc2)N1c1ccccc1)=Nc1ccc(Br)cc1. The molecule has 1 fully saturated rings. The molecule has 3 nitrogen and oxygen atoms in total. The summed E-state index contributed by atoms with van der Waals surface area (Å²) < 4.78 is 1.03. The summed E-state index contributed by atoms with van der Waals surface area (Å²) in [5, 5.41) is 12.7. The number of anilines is 1. The van der Waals surface area contributed by atoms with E-state index in [-0.39, 0.29) is 0 Å². The Kier molecular flexibility index (Phi) is 5.90. The molecule has 0 aromatic heterocycles. The Hall–Kier alpha value is -2.34. The van der Waals surface area contributed by atoms with E-state index in [1.165, 1.54) is 0 Å². The van der Waals surface area contributed by atoms with Crippen LogP contribution in [0.5, 0.6) is 0 Å². The van der Waals surface area contributed by atoms with Gasteiger partial charge in [0.25, 0.3) is 0 Å². The van der Waals surface area contributed by atoms with Gasteiger partial charge in [0.1, 0.15) is 0 Å². The highest BCUT2D eigenvalue weighted by atomic mass is 79.9. The minimum Gasteiger partial charge on any atom is -0.366 e. The van der Waals surface area contributed by atoms with Crippen LogP contribution < -0.4 is 4.90 Å². The monoisotopic (exact) mass is 464 g/mol. The van der Waals surface area contributed by atoms with Gasteiger partial charge >= 0.3 is 0 Å². The lowest BCUT2D eigenvalue weighted by atomic mass is 10.0. The molecule has 0 bridgehead atoms. The van der Waals surface area contributed by atoms with Crippen LogP contribution in [0.15, 0.2) is 105 Å². The largest absolute Gasteiger partial charge is 0.366 e. The van der Waals surface area contributed by atoms with Crippen molar-refractivity contribution in [2.45, 2.75) is 12.6 Å². The number of aliphatic imine (C=N–C) groups is 1. The molecular weight excluding hydrogens is 444 g/mol. The smallest absolute Gasteiger partial charge is 0.178 e. The van der Waals surface area contributed by atoms with E-state index in [0.717, 1.165) is 32.2 Å². The van der Waals surface area contributed by atoms with Crippen molar-refractivity contribution in [2.24, 2.45) is 4.99 Å². The van der Waals surface area contributed by atoms with Gasteiger partial charge in [-0.1, -0.05) is 64.5 Å². The molecule has 29 heavy (non-hydrogen) atoms. The first-order chi connectivity index (χ1) is 14.1. The zero-order chi connectivity index (χ0) is 20.3. The van der Waals surface area contributed by atoms with Crippen LogP contribution in [0.2, 0.25) is 0 Å². The topological polar surface area (TPSA) is 35.8 Å². The van der Waals surface area contributed by atoms with Crippen molar-refractivity contribution in [2.75, 3.05) is 10.7 Å². The zero-order valence-corrected chi connectivity index (χ0v) is 18.4. The van der Waals surface area contributed by atoms with Crippen molar-refractivity contribution < 1.29 is 5.11 Å². The van der Waals surface area contributed by atoms with E-state index < -0.39 is 5.72 Å². The molecule has 146 valence electrons. The van der Waals surface area contributed by atoms with E-state index in [1.807, 2.05) is 103 Å². The Morgan fingerprint density at radius 3 is 2.28 bits per heavy atom. The first kappa shape index (κ1) is 20.0. The lowest BCUT2D eigenvalue weighted by Gasteiger charge is -2.35. The Morgan fingerprint density at radius 2 is 1.62 bits per heavy atom. The number of hydrogen-bond donors (Lipinski definition) is 1. The molecule has 0 aliphatic carbocycles. The van der Waals surface area contributed by atoms with Gasteiger partial charge in [-0.3, -0.25) is 4.99 Å². The highest BCUT2D eigenvalue weighted by Gasteiger charge is 2.44. The Balaban J connectivity index is 1.74. The van der Waals surface area contributed by atoms with Crippen LogP contribution in [0.25, 0.3) is 0 Å². The molecule has 1 atom stereocenters. The van der Waals surface area contributed by atoms with Crippen LogP contribution in [-0.2, 0) is 5.72 Å². The molecule has 0 spiro atoms. The molecule has 0 unspecified atom stereocenters. The van der Waals surface area contributed by atoms with Gasteiger partial charge < -0.3 is 10.0 Å². The second-order valence-corrected chi connectivity index (χ2v) is 8.77. The molecule has 1 saturated heterocycles. The van der Waals surface area contributed by atoms with Gasteiger partial charge in [0.2, 0.25) is 0 Å². The maximum absolute atomic E-state index is 11.7. The van der Waals surface area contributed by atoms with Gasteiger partial charge in [-0.2, -0.15) is 0 Å². The highest BCUT2D eigenvalue weighted by molar-refractivity contribution is 9.10. The van der Waals surface area contributed by atoms with Crippen molar-refractivity contribution in [1.29, 1.82) is 0 Å². The van der Waals surface area contributed by atoms with Crippen LogP contribution in [0.4, 0.5) is 11.4 Å². The fourth-order valence-corrected chi connectivity index (χ4v) is 4.91. The third kappa shape index (κ3) is 4.32. The number of aliphatic hydroxyl groups is 1. The summed E-state index contributed by atoms with van der Waals surface area (Å²) in [6.45, 7) is 1.98. The van der Waals surface area contributed by atoms with Crippen molar-refractivity contribution in [3.8, 4) is 0 Å². The van der Waals surface area contributed by atoms with Gasteiger partial charge in [0, 0.05) is 21.4 Å². The van der Waals surface area contributed by atoms with E-state index in [2.05, 4.69) is 15.9 Å². The summed E-state index contributed by atoms with van der Waals surface area (Å²) in [6.07, 6.45) is 2.04. The van der Waals surface area contributed by atoms with E-state index in [9.17, 15) is 5.11 Å². The number of hydrogen-bond acceptors (Lipinski definition) is 4. The zero-order valence-electron chi connectivity index (χ0n) is 16.0. The average molecular weight is 465 g/mol. The lowest BCUT2D eigenvalue weighted by molar-refractivity contribution is 0.0721. The molecule has 0 amide bonds. The molecule has 1 aliphatic heterocycles. The number of allylic oxidation sites excluding steroid dienone is 1. The molecule has 3 aromatic rings. The van der Waals surface area contributed by atoms with Crippen LogP contribution in [0.3, 0.4) is 0 Å². The Labute approximate surface area is 183 Å². The molecule has 0 radical (unpaired) electrons. The van der Waals surface area contributed by atoms with Crippen molar-refractivity contribution in [1.82, 2.24) is 0 Å². The van der Waals surface area contributed by atoms with Crippen LogP contribution >= 0.6 is 27.7 Å². The first-order valence-electron chi connectivity index (χ1n) is 9.35. The maximum atomic E-state index is 11.7. The molecule has 1 aliphatic rings. The minimum absolute atomic E-state index is 0.545. The molecule has 3 aromatic carbocycles. The number of thioether (sulfide) groups is 1. The van der Waals surface area contributed by atoms with Gasteiger partial charge in [-0.05, 0) is 49.4 Å². The quantitative estimate of drug-likeness (QED) is 0.448. The van der Waals surface area contributed by atoms with Crippen molar-refractivity contribution >= 4 is 44.8 Å². The average Bonchev–Trinajstić information content (AvgIpc) is 3.08. The van der Waals surface area contributed by atoms with E-state index >= 15 is 0 Å². The van der Waals surface area contributed by atoms with E-state index in [4.69, 9.17) is 4.99 Å². The van der Waals surface area contributed by atoms with Gasteiger partial charge in [0.15, 0.2) is 5.72 Å². The molecule has 5 heteroatoms. The molecule has 1 N–H and O–H groups in total. The molecular formula is C24H21BrN2OS. The highest BCUT2D eigenvalue weighted by Crippen LogP contribution is 2.47. The Bertz CT molecular complexity index is 1040. The third-order valence-electron chi connectivity index (χ3n) is 4.73. The molecule has 0 saturated carbocycles. The van der Waals surface area contributed by atoms with Crippen molar-refractivity contribution in [3.63, 3.8) is 0 Å². The standard InChI is InChI=1S/C24H21BrN2OS/c1-18(26-21-14-12-20(25)13-15-21)16-23-27(22-10-6-3-7-11-22)24(28,17-29-23)19-8-4-2-5-9-19/h2-16,28H,17H2,1H3/b23-16-,26-18?/t24-/m1/s1. The summed E-state index contributed by atoms with van der Waals surface area (Å²) in [7, 11) is 0. The predicted octanol–water partition coefficient (Wildman–Crippen LogP) is 6.48. The van der Waals surface area contributed by atoms with Crippen molar-refractivity contribution in [3.05, 3.63) is 106 Å². The number of benzene rings is 3. The number of rotatable bonds is 4. The Morgan fingerprint density at radius 1 is 1.00 bits per heavy atom.